The van der Waals surface area contributed by atoms with Gasteiger partial charge in [0, 0.05) is 17.3 Å². The summed E-state index contributed by atoms with van der Waals surface area (Å²) >= 11 is 0. The van der Waals surface area contributed by atoms with Gasteiger partial charge in [-0.05, 0) is 36.4 Å². The van der Waals surface area contributed by atoms with Crippen LogP contribution in [-0.4, -0.2) is 31.7 Å². The van der Waals surface area contributed by atoms with Crippen LogP contribution in [0, 0.1) is 0 Å². The van der Waals surface area contributed by atoms with Crippen LogP contribution in [0.4, 0.5) is 23.2 Å². The molecule has 29 heavy (non-hydrogen) atoms. The Morgan fingerprint density at radius 2 is 1.59 bits per heavy atom. The number of halogens is 4. The molecule has 154 valence electrons. The van der Waals surface area contributed by atoms with Crippen molar-refractivity contribution in [2.75, 3.05) is 11.9 Å². The van der Waals surface area contributed by atoms with Crippen LogP contribution in [0.15, 0.2) is 54.6 Å². The maximum absolute atomic E-state index is 12.3. The van der Waals surface area contributed by atoms with Gasteiger partial charge in [-0.25, -0.2) is 4.79 Å². The Morgan fingerprint density at radius 3 is 2.24 bits per heavy atom. The highest BCUT2D eigenvalue weighted by molar-refractivity contribution is 5.94. The standard InChI is InChI=1S/C19H15F4NO5/c20-18(21)28-14-8-6-13(7-9-14)24-16(25)11-27-17(26)10-5-12-3-1-2-4-15(12)29-19(22)23/h1-10,18-19H,11H2,(H,24,25). The zero-order chi connectivity index (χ0) is 21.2. The van der Waals surface area contributed by atoms with E-state index in [-0.39, 0.29) is 22.7 Å². The van der Waals surface area contributed by atoms with E-state index in [4.69, 9.17) is 4.74 Å². The first-order chi connectivity index (χ1) is 13.8. The minimum Gasteiger partial charge on any atom is -0.452 e. The number of anilines is 1. The highest BCUT2D eigenvalue weighted by Gasteiger charge is 2.09. The van der Waals surface area contributed by atoms with E-state index in [1.165, 1.54) is 48.5 Å². The number of benzene rings is 2. The highest BCUT2D eigenvalue weighted by atomic mass is 19.3. The molecular formula is C19H15F4NO5. The predicted molar refractivity (Wildman–Crippen MR) is 94.8 cm³/mol. The Kier molecular flexibility index (Phi) is 8.01. The first kappa shape index (κ1) is 21.7. The summed E-state index contributed by atoms with van der Waals surface area (Å²) in [6.07, 6.45) is 2.16. The monoisotopic (exact) mass is 413 g/mol. The number of hydrogen-bond donors (Lipinski definition) is 1. The lowest BCUT2D eigenvalue weighted by Crippen LogP contribution is -2.20. The van der Waals surface area contributed by atoms with Crippen molar-refractivity contribution in [3.63, 3.8) is 0 Å². The lowest BCUT2D eigenvalue weighted by molar-refractivity contribution is -0.142. The molecule has 0 heterocycles. The lowest BCUT2D eigenvalue weighted by Gasteiger charge is -2.08. The number of carbonyl (C=O) groups is 2. The van der Waals surface area contributed by atoms with Crippen molar-refractivity contribution in [1.29, 1.82) is 0 Å². The third-order valence-corrected chi connectivity index (χ3v) is 3.24. The Bertz CT molecular complexity index is 856. The van der Waals surface area contributed by atoms with Crippen LogP contribution in [0.25, 0.3) is 6.08 Å². The van der Waals surface area contributed by atoms with Crippen molar-refractivity contribution < 1.29 is 41.4 Å². The van der Waals surface area contributed by atoms with Crippen molar-refractivity contribution in [2.24, 2.45) is 0 Å². The molecule has 0 aliphatic rings. The second kappa shape index (κ2) is 10.7. The Balaban J connectivity index is 1.83. The first-order valence-electron chi connectivity index (χ1n) is 8.07. The molecule has 0 spiro atoms. The average molecular weight is 413 g/mol. The molecule has 1 N–H and O–H groups in total. The molecular weight excluding hydrogens is 398 g/mol. The molecule has 0 aromatic heterocycles. The molecule has 2 rings (SSSR count). The topological polar surface area (TPSA) is 73.9 Å². The van der Waals surface area contributed by atoms with Crippen molar-refractivity contribution in [3.05, 3.63) is 60.2 Å². The third-order valence-electron chi connectivity index (χ3n) is 3.24. The largest absolute Gasteiger partial charge is 0.452 e. The van der Waals surface area contributed by atoms with Crippen molar-refractivity contribution in [1.82, 2.24) is 0 Å². The van der Waals surface area contributed by atoms with Gasteiger partial charge in [-0.3, -0.25) is 4.79 Å². The SMILES string of the molecule is O=C(COC(=O)C=Cc1ccccc1OC(F)F)Nc1ccc(OC(F)F)cc1. The van der Waals surface area contributed by atoms with Gasteiger partial charge in [-0.15, -0.1) is 0 Å². The smallest absolute Gasteiger partial charge is 0.387 e. The molecule has 0 unspecified atom stereocenters. The summed E-state index contributed by atoms with van der Waals surface area (Å²) in [5.41, 5.74) is 0.501. The van der Waals surface area contributed by atoms with E-state index < -0.39 is 31.7 Å². The molecule has 0 saturated carbocycles. The summed E-state index contributed by atoms with van der Waals surface area (Å²) < 4.78 is 62.1. The molecule has 0 aliphatic heterocycles. The molecule has 0 saturated heterocycles. The molecule has 2 aromatic carbocycles. The zero-order valence-electron chi connectivity index (χ0n) is 14.7. The van der Waals surface area contributed by atoms with Gasteiger partial charge in [0.25, 0.3) is 5.91 Å². The Hall–Kier alpha value is -3.56. The van der Waals surface area contributed by atoms with E-state index in [1.54, 1.807) is 6.07 Å². The number of para-hydroxylation sites is 1. The summed E-state index contributed by atoms with van der Waals surface area (Å²) in [4.78, 5) is 23.5. The van der Waals surface area contributed by atoms with Gasteiger partial charge >= 0.3 is 19.2 Å². The lowest BCUT2D eigenvalue weighted by atomic mass is 10.2. The molecule has 1 amide bonds. The number of nitrogens with one attached hydrogen (secondary N) is 1. The number of ether oxygens (including phenoxy) is 3. The third kappa shape index (κ3) is 7.91. The number of rotatable bonds is 9. The van der Waals surface area contributed by atoms with E-state index in [1.807, 2.05) is 0 Å². The summed E-state index contributed by atoms with van der Waals surface area (Å²) in [5.74, 6) is -1.75. The van der Waals surface area contributed by atoms with Crippen molar-refractivity contribution >= 4 is 23.6 Å². The second-order valence-corrected chi connectivity index (χ2v) is 5.31. The van der Waals surface area contributed by atoms with Gasteiger partial charge in [0.1, 0.15) is 11.5 Å². The van der Waals surface area contributed by atoms with E-state index in [0.29, 0.717) is 0 Å². The Labute approximate surface area is 162 Å². The fourth-order valence-corrected chi connectivity index (χ4v) is 2.08. The van der Waals surface area contributed by atoms with E-state index in [2.05, 4.69) is 14.8 Å². The molecule has 6 nitrogen and oxygen atoms in total. The average Bonchev–Trinajstić information content (AvgIpc) is 2.66. The van der Waals surface area contributed by atoms with Crippen LogP contribution in [0.1, 0.15) is 5.56 Å². The molecule has 0 radical (unpaired) electrons. The summed E-state index contributed by atoms with van der Waals surface area (Å²) in [5, 5.41) is 2.40. The molecule has 2 aromatic rings. The van der Waals surface area contributed by atoms with Crippen LogP contribution in [0.2, 0.25) is 0 Å². The zero-order valence-corrected chi connectivity index (χ0v) is 14.7. The van der Waals surface area contributed by atoms with Gasteiger partial charge in [-0.2, -0.15) is 17.6 Å². The van der Waals surface area contributed by atoms with Crippen LogP contribution in [-0.2, 0) is 14.3 Å². The van der Waals surface area contributed by atoms with E-state index >= 15 is 0 Å². The van der Waals surface area contributed by atoms with Crippen LogP contribution >= 0.6 is 0 Å². The fraction of sp³-hybridized carbons (Fsp3) is 0.158. The number of amides is 1. The fourth-order valence-electron chi connectivity index (χ4n) is 2.08. The van der Waals surface area contributed by atoms with Gasteiger partial charge < -0.3 is 19.5 Å². The van der Waals surface area contributed by atoms with Gasteiger partial charge in [0.15, 0.2) is 6.61 Å². The molecule has 0 bridgehead atoms. The number of esters is 1. The minimum absolute atomic E-state index is 0.0781. The number of hydrogen-bond acceptors (Lipinski definition) is 5. The summed E-state index contributed by atoms with van der Waals surface area (Å²) in [7, 11) is 0. The second-order valence-electron chi connectivity index (χ2n) is 5.31. The van der Waals surface area contributed by atoms with Crippen LogP contribution in [0.5, 0.6) is 11.5 Å². The molecule has 0 aliphatic carbocycles. The molecule has 0 atom stereocenters. The van der Waals surface area contributed by atoms with Crippen molar-refractivity contribution in [3.8, 4) is 11.5 Å². The van der Waals surface area contributed by atoms with Gasteiger partial charge in [0.05, 0.1) is 0 Å². The van der Waals surface area contributed by atoms with Crippen molar-refractivity contribution in [2.45, 2.75) is 13.2 Å². The maximum Gasteiger partial charge on any atom is 0.387 e. The highest BCUT2D eigenvalue weighted by Crippen LogP contribution is 2.21. The number of alkyl halides is 4. The summed E-state index contributed by atoms with van der Waals surface area (Å²) in [6.45, 7) is -6.60. The van der Waals surface area contributed by atoms with Crippen LogP contribution in [0.3, 0.4) is 0 Å². The van der Waals surface area contributed by atoms with E-state index in [9.17, 15) is 27.2 Å². The summed E-state index contributed by atoms with van der Waals surface area (Å²) in [6, 6.07) is 10.9. The predicted octanol–water partition coefficient (Wildman–Crippen LogP) is 4.08. The van der Waals surface area contributed by atoms with Crippen LogP contribution < -0.4 is 14.8 Å². The van der Waals surface area contributed by atoms with E-state index in [0.717, 1.165) is 6.08 Å². The molecule has 0 fully saturated rings. The maximum atomic E-state index is 12.3. The minimum atomic E-state index is -3.02. The normalized spacial score (nSPS) is 11.0. The number of carbonyl (C=O) groups excluding carboxylic acids is 2. The Morgan fingerprint density at radius 1 is 0.931 bits per heavy atom. The van der Waals surface area contributed by atoms with Gasteiger partial charge in [-0.1, -0.05) is 18.2 Å². The van der Waals surface area contributed by atoms with Gasteiger partial charge in [0.2, 0.25) is 0 Å². The molecule has 10 heteroatoms. The quantitative estimate of drug-likeness (QED) is 0.381. The first-order valence-corrected chi connectivity index (χ1v) is 8.07.